The van der Waals surface area contributed by atoms with Crippen molar-refractivity contribution < 1.29 is 0 Å². The summed E-state index contributed by atoms with van der Waals surface area (Å²) in [5, 5.41) is 0. The summed E-state index contributed by atoms with van der Waals surface area (Å²) in [5.41, 5.74) is 1.18. The van der Waals surface area contributed by atoms with Crippen LogP contribution in [0.5, 0.6) is 0 Å². The molecule has 14 heavy (non-hydrogen) atoms. The predicted molar refractivity (Wildman–Crippen MR) is 62.0 cm³/mol. The minimum Gasteiger partial charge on any atom is -0.347 e. The van der Waals surface area contributed by atoms with E-state index in [1.807, 2.05) is 6.07 Å². The molecule has 0 radical (unpaired) electrons. The van der Waals surface area contributed by atoms with Crippen molar-refractivity contribution in [2.45, 2.75) is 40.0 Å². The summed E-state index contributed by atoms with van der Waals surface area (Å²) in [5.74, 6) is 1.74. The van der Waals surface area contributed by atoms with Crippen LogP contribution in [0.25, 0.3) is 0 Å². The lowest BCUT2D eigenvalue weighted by atomic mass is 10.1. The summed E-state index contributed by atoms with van der Waals surface area (Å²) in [6.07, 6.45) is 3.14. The van der Waals surface area contributed by atoms with Gasteiger partial charge in [0.2, 0.25) is 0 Å². The Hall–Kier alpha value is -0.700. The quantitative estimate of drug-likeness (QED) is 0.772. The molecule has 1 aromatic heterocycles. The Bertz CT molecular complexity index is 341. The lowest BCUT2D eigenvalue weighted by Gasteiger charge is -2.05. The van der Waals surface area contributed by atoms with Crippen LogP contribution in [-0.4, -0.2) is 9.97 Å². The molecule has 2 nitrogen and oxygen atoms in total. The van der Waals surface area contributed by atoms with Crippen LogP contribution in [0.2, 0.25) is 0 Å². The average molecular weight is 210 g/mol. The van der Waals surface area contributed by atoms with Crippen LogP contribution in [0.15, 0.2) is 6.07 Å². The van der Waals surface area contributed by atoms with E-state index in [0.717, 1.165) is 25.1 Å². The predicted octanol–water partition coefficient (Wildman–Crippen LogP) is 3.29. The molecule has 0 aromatic carbocycles. The molecule has 1 heterocycles. The molecule has 0 saturated heterocycles. The molecule has 0 unspecified atom stereocenters. The second-order valence-electron chi connectivity index (χ2n) is 3.98. The van der Waals surface area contributed by atoms with Gasteiger partial charge in [0.1, 0.15) is 10.5 Å². The molecule has 0 aliphatic carbocycles. The number of rotatable bonds is 4. The highest BCUT2D eigenvalue weighted by Crippen LogP contribution is 2.06. The van der Waals surface area contributed by atoms with Gasteiger partial charge in [0, 0.05) is 12.1 Å². The molecule has 0 aliphatic rings. The number of aromatic amines is 1. The van der Waals surface area contributed by atoms with E-state index in [1.54, 1.807) is 0 Å². The topological polar surface area (TPSA) is 28.7 Å². The molecule has 3 heteroatoms. The molecule has 0 fully saturated rings. The SMILES string of the molecule is CCc1cc(=S)nc(CCC(C)C)[nH]1. The number of nitrogens with one attached hydrogen (secondary N) is 1. The maximum Gasteiger partial charge on any atom is 0.129 e. The molecule has 0 amide bonds. The molecular formula is C11H18N2S. The Morgan fingerprint density at radius 1 is 1.50 bits per heavy atom. The van der Waals surface area contributed by atoms with Gasteiger partial charge in [0.15, 0.2) is 0 Å². The van der Waals surface area contributed by atoms with Gasteiger partial charge in [0.25, 0.3) is 0 Å². The molecule has 0 spiro atoms. The van der Waals surface area contributed by atoms with Crippen LogP contribution in [0.1, 0.15) is 38.7 Å². The normalized spacial score (nSPS) is 10.9. The van der Waals surface area contributed by atoms with Crippen molar-refractivity contribution in [3.05, 3.63) is 22.2 Å². The number of H-pyrrole nitrogens is 1. The van der Waals surface area contributed by atoms with E-state index in [-0.39, 0.29) is 0 Å². The molecule has 0 atom stereocenters. The molecular weight excluding hydrogens is 192 g/mol. The van der Waals surface area contributed by atoms with Crippen molar-refractivity contribution in [3.63, 3.8) is 0 Å². The van der Waals surface area contributed by atoms with Crippen molar-refractivity contribution >= 4 is 12.2 Å². The van der Waals surface area contributed by atoms with Gasteiger partial charge in [0.05, 0.1) is 0 Å². The lowest BCUT2D eigenvalue weighted by Crippen LogP contribution is -2.01. The van der Waals surface area contributed by atoms with Gasteiger partial charge in [-0.2, -0.15) is 0 Å². The highest BCUT2D eigenvalue weighted by atomic mass is 32.1. The monoisotopic (exact) mass is 210 g/mol. The van der Waals surface area contributed by atoms with Crippen molar-refractivity contribution in [2.75, 3.05) is 0 Å². The Balaban J connectivity index is 2.76. The highest BCUT2D eigenvalue weighted by Gasteiger charge is 2.00. The van der Waals surface area contributed by atoms with Crippen LogP contribution >= 0.6 is 12.2 Å². The van der Waals surface area contributed by atoms with E-state index in [2.05, 4.69) is 30.7 Å². The first-order valence-corrected chi connectivity index (χ1v) is 5.61. The number of nitrogens with zero attached hydrogens (tertiary/aromatic N) is 1. The van der Waals surface area contributed by atoms with Gasteiger partial charge in [-0.15, -0.1) is 0 Å². The van der Waals surface area contributed by atoms with E-state index < -0.39 is 0 Å². The van der Waals surface area contributed by atoms with Crippen molar-refractivity contribution in [2.24, 2.45) is 5.92 Å². The van der Waals surface area contributed by atoms with Crippen LogP contribution in [0.4, 0.5) is 0 Å². The number of hydrogen-bond acceptors (Lipinski definition) is 2. The van der Waals surface area contributed by atoms with Gasteiger partial charge < -0.3 is 4.98 Å². The van der Waals surface area contributed by atoms with Gasteiger partial charge in [-0.05, 0) is 24.8 Å². The first-order valence-electron chi connectivity index (χ1n) is 5.21. The summed E-state index contributed by atoms with van der Waals surface area (Å²) in [4.78, 5) is 7.63. The zero-order chi connectivity index (χ0) is 10.6. The van der Waals surface area contributed by atoms with Crippen LogP contribution in [0, 0.1) is 10.6 Å². The highest BCUT2D eigenvalue weighted by molar-refractivity contribution is 7.71. The summed E-state index contributed by atoms with van der Waals surface area (Å²) < 4.78 is 0.708. The first kappa shape index (κ1) is 11.4. The van der Waals surface area contributed by atoms with E-state index in [9.17, 15) is 0 Å². The fourth-order valence-corrected chi connectivity index (χ4v) is 1.55. The molecule has 1 rings (SSSR count). The minimum atomic E-state index is 0.708. The van der Waals surface area contributed by atoms with Gasteiger partial charge in [-0.1, -0.05) is 33.0 Å². The smallest absolute Gasteiger partial charge is 0.129 e. The zero-order valence-electron chi connectivity index (χ0n) is 9.13. The van der Waals surface area contributed by atoms with Crippen LogP contribution < -0.4 is 0 Å². The zero-order valence-corrected chi connectivity index (χ0v) is 9.95. The summed E-state index contributed by atoms with van der Waals surface area (Å²) in [7, 11) is 0. The molecule has 1 aromatic rings. The number of hydrogen-bond donors (Lipinski definition) is 1. The van der Waals surface area contributed by atoms with Crippen molar-refractivity contribution in [3.8, 4) is 0 Å². The molecule has 0 saturated carbocycles. The molecule has 78 valence electrons. The maximum absolute atomic E-state index is 5.10. The van der Waals surface area contributed by atoms with Crippen molar-refractivity contribution in [1.29, 1.82) is 0 Å². The molecule has 1 N–H and O–H groups in total. The standard InChI is InChI=1S/C11H18N2S/c1-4-9-7-11(14)13-10(12-9)6-5-8(2)3/h7-8H,4-6H2,1-3H3,(H,12,13,14). The van der Waals surface area contributed by atoms with Crippen LogP contribution in [0.3, 0.4) is 0 Å². The van der Waals surface area contributed by atoms with E-state index in [4.69, 9.17) is 12.2 Å². The third-order valence-electron chi connectivity index (χ3n) is 2.19. The Morgan fingerprint density at radius 2 is 2.21 bits per heavy atom. The fraction of sp³-hybridized carbons (Fsp3) is 0.636. The largest absolute Gasteiger partial charge is 0.347 e. The van der Waals surface area contributed by atoms with Gasteiger partial charge in [-0.3, -0.25) is 0 Å². The third-order valence-corrected chi connectivity index (χ3v) is 2.40. The molecule has 0 aliphatic heterocycles. The fourth-order valence-electron chi connectivity index (χ4n) is 1.30. The number of aryl methyl sites for hydroxylation is 2. The van der Waals surface area contributed by atoms with E-state index in [1.165, 1.54) is 5.69 Å². The summed E-state index contributed by atoms with van der Waals surface area (Å²) in [6, 6.07) is 1.94. The van der Waals surface area contributed by atoms with Gasteiger partial charge in [-0.25, -0.2) is 4.98 Å². The average Bonchev–Trinajstić information content (AvgIpc) is 2.14. The second-order valence-corrected chi connectivity index (χ2v) is 4.40. The third kappa shape index (κ3) is 3.58. The minimum absolute atomic E-state index is 0.708. The van der Waals surface area contributed by atoms with Crippen LogP contribution in [-0.2, 0) is 12.8 Å². The van der Waals surface area contributed by atoms with Gasteiger partial charge >= 0.3 is 0 Å². The summed E-state index contributed by atoms with van der Waals surface area (Å²) in [6.45, 7) is 6.56. The lowest BCUT2D eigenvalue weighted by molar-refractivity contribution is 0.573. The summed E-state index contributed by atoms with van der Waals surface area (Å²) >= 11 is 5.10. The Morgan fingerprint density at radius 3 is 2.79 bits per heavy atom. The second kappa shape index (κ2) is 5.25. The van der Waals surface area contributed by atoms with Crippen molar-refractivity contribution in [1.82, 2.24) is 9.97 Å². The van der Waals surface area contributed by atoms with E-state index in [0.29, 0.717) is 10.6 Å². The number of aromatic nitrogens is 2. The Kier molecular flexibility index (Phi) is 4.26. The Labute approximate surface area is 90.8 Å². The molecule has 0 bridgehead atoms. The first-order chi connectivity index (χ1) is 6.61. The maximum atomic E-state index is 5.10. The van der Waals surface area contributed by atoms with E-state index >= 15 is 0 Å².